The number of nitrogens with one attached hydrogen (secondary N) is 1. The molecule has 1 aromatic carbocycles. The molecule has 23 heavy (non-hydrogen) atoms. The van der Waals surface area contributed by atoms with E-state index < -0.39 is 33.8 Å². The van der Waals surface area contributed by atoms with Gasteiger partial charge in [0.15, 0.2) is 0 Å². The summed E-state index contributed by atoms with van der Waals surface area (Å²) in [5.41, 5.74) is 1.78. The first-order valence-electron chi connectivity index (χ1n) is 7.27. The Hall–Kier alpha value is -1.93. The van der Waals surface area contributed by atoms with Crippen molar-refractivity contribution in [2.24, 2.45) is 0 Å². The van der Waals surface area contributed by atoms with Crippen molar-refractivity contribution in [3.63, 3.8) is 0 Å². The van der Waals surface area contributed by atoms with Gasteiger partial charge in [-0.25, -0.2) is 4.79 Å². The predicted octanol–water partition coefficient (Wildman–Crippen LogP) is 1.03. The van der Waals surface area contributed by atoms with Crippen LogP contribution in [0, 0.1) is 0 Å². The molecule has 0 heterocycles. The summed E-state index contributed by atoms with van der Waals surface area (Å²) < 4.78 is 30.3. The first-order chi connectivity index (χ1) is 10.7. The first kappa shape index (κ1) is 19.1. The van der Waals surface area contributed by atoms with Crippen LogP contribution in [0.3, 0.4) is 0 Å². The Bertz CT molecular complexity index is 656. The average molecular weight is 343 g/mol. The molecule has 0 spiro atoms. The highest BCUT2D eigenvalue weighted by atomic mass is 32.2. The van der Waals surface area contributed by atoms with E-state index in [1.54, 1.807) is 12.1 Å². The number of aliphatic carboxylic acids is 1. The standard InChI is InChI=1S/C15H21NO6S/c1-2-3-6-11-7-4-5-8-12(11)9-14(17)16-13(15(18)19)10-23(20,21)22/h4-5,7-8,13H,2-3,6,9-10H2,1H3,(H,16,17)(H,18,19)(H,20,21,22). The molecule has 8 heteroatoms. The third-order valence-corrected chi connectivity index (χ3v) is 4.03. The number of carbonyl (C=O) groups is 2. The lowest BCUT2D eigenvalue weighted by Gasteiger charge is -2.14. The number of carboxylic acid groups (broad SMARTS) is 1. The van der Waals surface area contributed by atoms with Crippen molar-refractivity contribution >= 4 is 22.0 Å². The summed E-state index contributed by atoms with van der Waals surface area (Å²) in [6.45, 7) is 2.06. The van der Waals surface area contributed by atoms with Crippen LogP contribution in [0.1, 0.15) is 30.9 Å². The van der Waals surface area contributed by atoms with E-state index in [-0.39, 0.29) is 6.42 Å². The number of amides is 1. The minimum Gasteiger partial charge on any atom is -0.480 e. The molecular weight excluding hydrogens is 322 g/mol. The fourth-order valence-corrected chi connectivity index (χ4v) is 2.79. The van der Waals surface area contributed by atoms with Crippen LogP contribution >= 0.6 is 0 Å². The fourth-order valence-electron chi connectivity index (χ4n) is 2.14. The Morgan fingerprint density at radius 1 is 1.22 bits per heavy atom. The summed E-state index contributed by atoms with van der Waals surface area (Å²) in [6.07, 6.45) is 2.75. The number of aryl methyl sites for hydroxylation is 1. The van der Waals surface area contributed by atoms with Crippen LogP contribution in [0.25, 0.3) is 0 Å². The summed E-state index contributed by atoms with van der Waals surface area (Å²) in [5, 5.41) is 11.1. The van der Waals surface area contributed by atoms with Gasteiger partial charge in [0.1, 0.15) is 11.8 Å². The topological polar surface area (TPSA) is 121 Å². The van der Waals surface area contributed by atoms with Gasteiger partial charge in [-0.2, -0.15) is 8.42 Å². The molecule has 0 aromatic heterocycles. The zero-order chi connectivity index (χ0) is 17.5. The molecule has 0 aliphatic rings. The van der Waals surface area contributed by atoms with E-state index in [4.69, 9.17) is 9.66 Å². The average Bonchev–Trinajstić information content (AvgIpc) is 2.44. The number of carboxylic acids is 1. The van der Waals surface area contributed by atoms with Crippen molar-refractivity contribution in [3.8, 4) is 0 Å². The molecule has 7 nitrogen and oxygen atoms in total. The van der Waals surface area contributed by atoms with Gasteiger partial charge in [-0.1, -0.05) is 37.6 Å². The van der Waals surface area contributed by atoms with Crippen molar-refractivity contribution in [1.29, 1.82) is 0 Å². The molecule has 0 aliphatic heterocycles. The van der Waals surface area contributed by atoms with Gasteiger partial charge in [0, 0.05) is 0 Å². The molecule has 1 rings (SSSR count). The fraction of sp³-hybridized carbons (Fsp3) is 0.467. The van der Waals surface area contributed by atoms with Crippen LogP contribution in [-0.4, -0.2) is 41.7 Å². The largest absolute Gasteiger partial charge is 0.480 e. The highest BCUT2D eigenvalue weighted by Crippen LogP contribution is 2.13. The Kier molecular flexibility index (Phi) is 7.18. The maximum absolute atomic E-state index is 12.0. The van der Waals surface area contributed by atoms with Gasteiger partial charge < -0.3 is 10.4 Å². The highest BCUT2D eigenvalue weighted by Gasteiger charge is 2.25. The van der Waals surface area contributed by atoms with E-state index in [0.29, 0.717) is 0 Å². The molecule has 1 atom stereocenters. The molecule has 3 N–H and O–H groups in total. The molecule has 1 unspecified atom stereocenters. The molecule has 0 saturated carbocycles. The minimum absolute atomic E-state index is 0.0465. The summed E-state index contributed by atoms with van der Waals surface area (Å²) in [5.74, 6) is -3.19. The van der Waals surface area contributed by atoms with Crippen molar-refractivity contribution in [2.45, 2.75) is 38.6 Å². The number of unbranched alkanes of at least 4 members (excludes halogenated alkanes) is 1. The van der Waals surface area contributed by atoms with Gasteiger partial charge in [0.25, 0.3) is 10.1 Å². The molecule has 1 amide bonds. The SMILES string of the molecule is CCCCc1ccccc1CC(=O)NC(CS(=O)(=O)O)C(=O)O. The van der Waals surface area contributed by atoms with Crippen LogP contribution in [0.4, 0.5) is 0 Å². The lowest BCUT2D eigenvalue weighted by Crippen LogP contribution is -2.45. The number of hydrogen-bond acceptors (Lipinski definition) is 4. The Labute approximate surface area is 135 Å². The van der Waals surface area contributed by atoms with Crippen molar-refractivity contribution in [3.05, 3.63) is 35.4 Å². The van der Waals surface area contributed by atoms with Crippen molar-refractivity contribution in [2.75, 3.05) is 5.75 Å². The molecule has 0 saturated heterocycles. The monoisotopic (exact) mass is 343 g/mol. The number of carbonyl (C=O) groups excluding carboxylic acids is 1. The second-order valence-electron chi connectivity index (χ2n) is 5.26. The minimum atomic E-state index is -4.50. The second kappa shape index (κ2) is 8.64. The van der Waals surface area contributed by atoms with Crippen LogP contribution in [0.15, 0.2) is 24.3 Å². The number of rotatable bonds is 9. The van der Waals surface area contributed by atoms with Gasteiger partial charge in [0.2, 0.25) is 5.91 Å². The van der Waals surface area contributed by atoms with Crippen LogP contribution < -0.4 is 5.32 Å². The summed E-state index contributed by atoms with van der Waals surface area (Å²) in [4.78, 5) is 23.0. The molecule has 128 valence electrons. The third kappa shape index (κ3) is 7.25. The quantitative estimate of drug-likeness (QED) is 0.576. The van der Waals surface area contributed by atoms with E-state index in [9.17, 15) is 18.0 Å². The second-order valence-corrected chi connectivity index (χ2v) is 6.75. The van der Waals surface area contributed by atoms with Gasteiger partial charge in [-0.05, 0) is 24.0 Å². The molecule has 0 radical (unpaired) electrons. The smallest absolute Gasteiger partial charge is 0.327 e. The predicted molar refractivity (Wildman–Crippen MR) is 84.7 cm³/mol. The Balaban J connectivity index is 2.77. The van der Waals surface area contributed by atoms with E-state index in [1.807, 2.05) is 12.1 Å². The Morgan fingerprint density at radius 3 is 2.35 bits per heavy atom. The maximum atomic E-state index is 12.0. The number of hydrogen-bond donors (Lipinski definition) is 3. The van der Waals surface area contributed by atoms with Gasteiger partial charge >= 0.3 is 5.97 Å². The third-order valence-electron chi connectivity index (χ3n) is 3.28. The van der Waals surface area contributed by atoms with E-state index >= 15 is 0 Å². The molecule has 1 aromatic rings. The lowest BCUT2D eigenvalue weighted by molar-refractivity contribution is -0.141. The van der Waals surface area contributed by atoms with Crippen molar-refractivity contribution in [1.82, 2.24) is 5.32 Å². The van der Waals surface area contributed by atoms with E-state index in [2.05, 4.69) is 12.2 Å². The molecule has 0 fully saturated rings. The van der Waals surface area contributed by atoms with Crippen LogP contribution in [0.5, 0.6) is 0 Å². The van der Waals surface area contributed by atoms with Gasteiger partial charge in [0.05, 0.1) is 6.42 Å². The Morgan fingerprint density at radius 2 is 1.83 bits per heavy atom. The van der Waals surface area contributed by atoms with Gasteiger partial charge in [-0.3, -0.25) is 9.35 Å². The van der Waals surface area contributed by atoms with Gasteiger partial charge in [-0.15, -0.1) is 0 Å². The van der Waals surface area contributed by atoms with E-state index in [1.165, 1.54) is 0 Å². The van der Waals surface area contributed by atoms with E-state index in [0.717, 1.165) is 30.4 Å². The van der Waals surface area contributed by atoms with Crippen molar-refractivity contribution < 1.29 is 27.7 Å². The maximum Gasteiger partial charge on any atom is 0.327 e. The lowest BCUT2D eigenvalue weighted by atomic mass is 9.99. The van der Waals surface area contributed by atoms with Crippen LogP contribution in [-0.2, 0) is 32.5 Å². The molecular formula is C15H21NO6S. The number of benzene rings is 1. The highest BCUT2D eigenvalue weighted by molar-refractivity contribution is 7.85. The zero-order valence-corrected chi connectivity index (χ0v) is 13.7. The summed E-state index contributed by atoms with van der Waals surface area (Å²) >= 11 is 0. The zero-order valence-electron chi connectivity index (χ0n) is 12.9. The normalized spacial score (nSPS) is 12.6. The van der Waals surface area contributed by atoms with Crippen LogP contribution in [0.2, 0.25) is 0 Å². The summed E-state index contributed by atoms with van der Waals surface area (Å²) in [7, 11) is -4.50. The first-order valence-corrected chi connectivity index (χ1v) is 8.88. The molecule has 0 bridgehead atoms. The summed E-state index contributed by atoms with van der Waals surface area (Å²) in [6, 6.07) is 5.66. The molecule has 0 aliphatic carbocycles.